The largest absolute Gasteiger partial charge is 0.399 e. The van der Waals surface area contributed by atoms with Crippen LogP contribution in [-0.4, -0.2) is 7.28 Å². The third-order valence-electron chi connectivity index (χ3n) is 1.39. The summed E-state index contributed by atoms with van der Waals surface area (Å²) in [6, 6.07) is 7.96. The van der Waals surface area contributed by atoms with Crippen LogP contribution in [0.15, 0.2) is 24.3 Å². The van der Waals surface area contributed by atoms with E-state index in [2.05, 4.69) is 19.0 Å². The van der Waals surface area contributed by atoms with Crippen LogP contribution in [-0.2, 0) is 0 Å². The van der Waals surface area contributed by atoms with Gasteiger partial charge in [0.15, 0.2) is 7.28 Å². The number of hydrogen-bond acceptors (Lipinski definition) is 1. The molecule has 0 saturated heterocycles. The first-order valence-electron chi connectivity index (χ1n) is 3.17. The summed E-state index contributed by atoms with van der Waals surface area (Å²) in [4.78, 5) is 0. The Bertz CT molecular complexity index is 181. The highest BCUT2D eigenvalue weighted by Gasteiger charge is 1.86. The van der Waals surface area contributed by atoms with E-state index in [1.165, 1.54) is 5.46 Å². The van der Waals surface area contributed by atoms with Gasteiger partial charge in [-0.15, -0.1) is 0 Å². The van der Waals surface area contributed by atoms with Gasteiger partial charge in [0.25, 0.3) is 0 Å². The lowest BCUT2D eigenvalue weighted by molar-refractivity contribution is 1.72. The van der Waals surface area contributed by atoms with Gasteiger partial charge < -0.3 is 5.73 Å². The van der Waals surface area contributed by atoms with E-state index < -0.39 is 0 Å². The van der Waals surface area contributed by atoms with E-state index in [0.717, 1.165) is 13.0 Å². The van der Waals surface area contributed by atoms with Crippen LogP contribution in [0.3, 0.4) is 0 Å². The Morgan fingerprint density at radius 2 is 1.78 bits per heavy atom. The first-order valence-corrected chi connectivity index (χ1v) is 3.17. The van der Waals surface area contributed by atoms with Crippen LogP contribution >= 0.6 is 0 Å². The van der Waals surface area contributed by atoms with Gasteiger partial charge in [-0.05, 0) is 12.1 Å². The minimum Gasteiger partial charge on any atom is -0.399 e. The number of hydrogen-bond donors (Lipinski definition) is 1. The number of rotatable bonds is 1. The second-order valence-electron chi connectivity index (χ2n) is 2.10. The summed E-state index contributed by atoms with van der Waals surface area (Å²) in [5, 5.41) is 0. The molecule has 1 rings (SSSR count). The van der Waals surface area contributed by atoms with E-state index >= 15 is 0 Å². The van der Waals surface area contributed by atoms with Gasteiger partial charge in [0.1, 0.15) is 0 Å². The first-order chi connectivity index (χ1) is 4.33. The summed E-state index contributed by atoms with van der Waals surface area (Å²) in [6.07, 6.45) is 0. The molecule has 1 aromatic carbocycles. The minimum atomic E-state index is 0.840. The highest BCUT2D eigenvalue weighted by Crippen LogP contribution is 1.94. The molecule has 1 nitrogen and oxygen atoms in total. The number of nitrogen functional groups attached to an aromatic ring is 1. The highest BCUT2D eigenvalue weighted by molar-refractivity contribution is 6.51. The van der Waals surface area contributed by atoms with Crippen LogP contribution in [0.4, 0.5) is 5.69 Å². The molecule has 0 heterocycles. The Kier molecular flexibility index (Phi) is 1.78. The standard InChI is InChI=1S/C7H10BN/c1-8-6-2-4-7(9)5-3-6/h2-5,8H,9H2,1H3. The van der Waals surface area contributed by atoms with Crippen LogP contribution < -0.4 is 11.2 Å². The first kappa shape index (κ1) is 6.21. The zero-order valence-corrected chi connectivity index (χ0v) is 5.59. The molecule has 0 spiro atoms. The average Bonchev–Trinajstić information content (AvgIpc) is 1.90. The predicted molar refractivity (Wildman–Crippen MR) is 43.5 cm³/mol. The van der Waals surface area contributed by atoms with E-state index in [0.29, 0.717) is 0 Å². The van der Waals surface area contributed by atoms with Crippen LogP contribution in [0.2, 0.25) is 6.82 Å². The van der Waals surface area contributed by atoms with E-state index in [-0.39, 0.29) is 0 Å². The second-order valence-corrected chi connectivity index (χ2v) is 2.10. The molecule has 0 atom stereocenters. The molecule has 0 saturated carbocycles. The SMILES string of the molecule is CBc1ccc(N)cc1. The van der Waals surface area contributed by atoms with E-state index in [1.54, 1.807) is 0 Å². The molecule has 0 aliphatic rings. The summed E-state index contributed by atoms with van der Waals surface area (Å²) in [5.41, 5.74) is 7.66. The lowest BCUT2D eigenvalue weighted by atomic mass is 9.73. The summed E-state index contributed by atoms with van der Waals surface area (Å²) in [6.45, 7) is 2.13. The summed E-state index contributed by atoms with van der Waals surface area (Å²) in [7, 11) is 1.08. The number of nitrogens with two attached hydrogens (primary N) is 1. The summed E-state index contributed by atoms with van der Waals surface area (Å²) in [5.74, 6) is 0. The Morgan fingerprint density at radius 1 is 1.22 bits per heavy atom. The predicted octanol–water partition coefficient (Wildman–Crippen LogP) is 0.379. The fourth-order valence-corrected chi connectivity index (χ4v) is 0.753. The Labute approximate surface area is 56.1 Å². The van der Waals surface area contributed by atoms with Crippen molar-refractivity contribution in [2.24, 2.45) is 0 Å². The van der Waals surface area contributed by atoms with Crippen LogP contribution in [0.25, 0.3) is 0 Å². The molecule has 0 aliphatic heterocycles. The van der Waals surface area contributed by atoms with Gasteiger partial charge >= 0.3 is 0 Å². The maximum Gasteiger partial charge on any atom is 0.154 e. The van der Waals surface area contributed by atoms with Crippen LogP contribution in [0.1, 0.15) is 0 Å². The van der Waals surface area contributed by atoms with Gasteiger partial charge in [0.05, 0.1) is 0 Å². The smallest absolute Gasteiger partial charge is 0.154 e. The van der Waals surface area contributed by atoms with Crippen molar-refractivity contribution < 1.29 is 0 Å². The molecular weight excluding hydrogens is 109 g/mol. The molecule has 0 aromatic heterocycles. The van der Waals surface area contributed by atoms with Crippen molar-refractivity contribution >= 4 is 18.4 Å². The molecule has 1 aromatic rings. The van der Waals surface area contributed by atoms with Gasteiger partial charge in [-0.3, -0.25) is 0 Å². The van der Waals surface area contributed by atoms with Crippen molar-refractivity contribution in [3.63, 3.8) is 0 Å². The lowest BCUT2D eigenvalue weighted by Crippen LogP contribution is -2.08. The molecule has 0 radical (unpaired) electrons. The van der Waals surface area contributed by atoms with Gasteiger partial charge in [-0.2, -0.15) is 0 Å². The molecule has 0 unspecified atom stereocenters. The monoisotopic (exact) mass is 119 g/mol. The topological polar surface area (TPSA) is 26.0 Å². The molecule has 0 aliphatic carbocycles. The summed E-state index contributed by atoms with van der Waals surface area (Å²) >= 11 is 0. The van der Waals surface area contributed by atoms with Crippen molar-refractivity contribution in [1.82, 2.24) is 0 Å². The molecule has 0 amide bonds. The number of benzene rings is 1. The average molecular weight is 119 g/mol. The molecule has 0 fully saturated rings. The van der Waals surface area contributed by atoms with Crippen molar-refractivity contribution in [3.05, 3.63) is 24.3 Å². The molecule has 2 heteroatoms. The highest BCUT2D eigenvalue weighted by atomic mass is 14.5. The van der Waals surface area contributed by atoms with Gasteiger partial charge in [-0.1, -0.05) is 24.4 Å². The van der Waals surface area contributed by atoms with Crippen molar-refractivity contribution in [2.45, 2.75) is 6.82 Å². The van der Waals surface area contributed by atoms with Gasteiger partial charge in [0, 0.05) is 5.69 Å². The van der Waals surface area contributed by atoms with Crippen molar-refractivity contribution in [3.8, 4) is 0 Å². The van der Waals surface area contributed by atoms with E-state index in [1.807, 2.05) is 12.1 Å². The normalized spacial score (nSPS) is 9.00. The third-order valence-corrected chi connectivity index (χ3v) is 1.39. The fourth-order valence-electron chi connectivity index (χ4n) is 0.753. The Balaban J connectivity index is 2.88. The van der Waals surface area contributed by atoms with Gasteiger partial charge in [-0.25, -0.2) is 0 Å². The number of anilines is 1. The maximum atomic E-state index is 5.48. The Morgan fingerprint density at radius 3 is 2.22 bits per heavy atom. The molecule has 2 N–H and O–H groups in total. The lowest BCUT2D eigenvalue weighted by Gasteiger charge is -1.93. The quantitative estimate of drug-likeness (QED) is 0.419. The Hall–Kier alpha value is -0.915. The van der Waals surface area contributed by atoms with Crippen LogP contribution in [0, 0.1) is 0 Å². The van der Waals surface area contributed by atoms with E-state index in [4.69, 9.17) is 5.73 Å². The molecule has 0 bridgehead atoms. The maximum absolute atomic E-state index is 5.48. The van der Waals surface area contributed by atoms with Crippen molar-refractivity contribution in [1.29, 1.82) is 0 Å². The zero-order valence-electron chi connectivity index (χ0n) is 5.59. The molecular formula is C7H10BN. The fraction of sp³-hybridized carbons (Fsp3) is 0.143. The second kappa shape index (κ2) is 2.58. The van der Waals surface area contributed by atoms with E-state index in [9.17, 15) is 0 Å². The van der Waals surface area contributed by atoms with Crippen LogP contribution in [0.5, 0.6) is 0 Å². The molecule has 9 heavy (non-hydrogen) atoms. The minimum absolute atomic E-state index is 0.840. The zero-order chi connectivity index (χ0) is 6.69. The van der Waals surface area contributed by atoms with Crippen molar-refractivity contribution in [2.75, 3.05) is 5.73 Å². The third kappa shape index (κ3) is 1.49. The summed E-state index contributed by atoms with van der Waals surface area (Å²) < 4.78 is 0. The van der Waals surface area contributed by atoms with Gasteiger partial charge in [0.2, 0.25) is 0 Å². The molecule has 46 valence electrons.